The van der Waals surface area contributed by atoms with Gasteiger partial charge in [0, 0.05) is 24.5 Å². The number of epoxide rings is 1. The molecule has 0 bridgehead atoms. The number of carbonyl (C=O) groups is 1. The van der Waals surface area contributed by atoms with Gasteiger partial charge < -0.3 is 34.8 Å². The number of esters is 1. The highest BCUT2D eigenvalue weighted by Crippen LogP contribution is 2.49. The summed E-state index contributed by atoms with van der Waals surface area (Å²) in [6.07, 6.45) is 14.7. The molecule has 5 fully saturated rings. The van der Waals surface area contributed by atoms with E-state index in [1.54, 1.807) is 0 Å². The summed E-state index contributed by atoms with van der Waals surface area (Å²) in [5.74, 6) is 2.90. The van der Waals surface area contributed by atoms with E-state index in [1.165, 1.54) is 56.9 Å². The number of aliphatic hydroxyl groups is 3. The van der Waals surface area contributed by atoms with Crippen LogP contribution < -0.4 is 10.6 Å². The number of hydrogen-bond donors (Lipinski definition) is 5. The van der Waals surface area contributed by atoms with Crippen molar-refractivity contribution in [1.82, 2.24) is 10.6 Å². The molecule has 5 unspecified atom stereocenters. The first-order valence-electron chi connectivity index (χ1n) is 20.7. The number of aliphatic hydroxyl groups excluding tert-OH is 3. The highest BCUT2D eigenvalue weighted by molar-refractivity contribution is 5.72. The molecule has 12 atom stereocenters. The maximum Gasteiger partial charge on any atom is 0.310 e. The number of cyclic esters (lactones) is 1. The predicted octanol–water partition coefficient (Wildman–Crippen LogP) is 5.84. The normalized spacial score (nSPS) is 43.6. The van der Waals surface area contributed by atoms with Crippen molar-refractivity contribution in [2.45, 2.75) is 186 Å². The third kappa shape index (κ3) is 10.5. The van der Waals surface area contributed by atoms with Gasteiger partial charge in [-0.1, -0.05) is 33.8 Å². The topological polar surface area (TPSA) is 133 Å². The van der Waals surface area contributed by atoms with Crippen molar-refractivity contribution in [2.24, 2.45) is 47.3 Å². The van der Waals surface area contributed by atoms with Crippen LogP contribution in [0, 0.1) is 47.3 Å². The minimum atomic E-state index is -1.24. The second-order valence-electron chi connectivity index (χ2n) is 18.0. The van der Waals surface area contributed by atoms with Crippen LogP contribution in [0.4, 0.5) is 0 Å². The van der Waals surface area contributed by atoms with E-state index in [9.17, 15) is 20.1 Å². The van der Waals surface area contributed by atoms with Gasteiger partial charge in [-0.2, -0.15) is 0 Å². The van der Waals surface area contributed by atoms with Crippen LogP contribution in [-0.2, 0) is 19.0 Å². The molecule has 0 amide bonds. The van der Waals surface area contributed by atoms with Crippen molar-refractivity contribution in [3.63, 3.8) is 0 Å². The fourth-order valence-corrected chi connectivity index (χ4v) is 9.58. The molecule has 0 aromatic heterocycles. The maximum absolute atomic E-state index is 13.4. The molecule has 9 heteroatoms. The van der Waals surface area contributed by atoms with Crippen molar-refractivity contribution in [2.75, 3.05) is 6.54 Å². The average Bonchev–Trinajstić information content (AvgIpc) is 3.93. The zero-order valence-electron chi connectivity index (χ0n) is 31.7. The van der Waals surface area contributed by atoms with Gasteiger partial charge in [0.2, 0.25) is 0 Å². The lowest BCUT2D eigenvalue weighted by molar-refractivity contribution is -0.218. The number of carbonyl (C=O) groups excluding carboxylic acids is 1. The molecule has 5 N–H and O–H groups in total. The Hall–Kier alpha value is -1.07. The van der Waals surface area contributed by atoms with Gasteiger partial charge in [-0.25, -0.2) is 0 Å². The second-order valence-corrected chi connectivity index (χ2v) is 18.0. The quantitative estimate of drug-likeness (QED) is 0.114. The molecule has 50 heavy (non-hydrogen) atoms. The van der Waals surface area contributed by atoms with Gasteiger partial charge in [-0.05, 0) is 144 Å². The summed E-state index contributed by atoms with van der Waals surface area (Å²) in [7, 11) is 0. The molecule has 2 saturated heterocycles. The predicted molar refractivity (Wildman–Crippen MR) is 194 cm³/mol. The molecule has 0 aromatic rings. The van der Waals surface area contributed by atoms with Gasteiger partial charge >= 0.3 is 5.97 Å². The molecular weight excluding hydrogens is 632 g/mol. The van der Waals surface area contributed by atoms with Crippen LogP contribution in [-0.4, -0.2) is 83.0 Å². The van der Waals surface area contributed by atoms with E-state index in [4.69, 9.17) is 14.2 Å². The number of nitrogens with one attached hydrogen (secondary N) is 2. The SMILES string of the molecule is CC(C)C[C@@H]1OC(=O)[C@H](C)CNC(C)[C@H](CC2CC=C(C3CC3)C(O)C2)NC(O)CCC[C@@H]([C@H](C)[C@H]2O[C@@H]2C2CCC(C3CC3)CC2)OC1O. The van der Waals surface area contributed by atoms with Crippen molar-refractivity contribution in [3.05, 3.63) is 11.6 Å². The van der Waals surface area contributed by atoms with E-state index in [0.29, 0.717) is 43.6 Å². The Morgan fingerprint density at radius 2 is 1.56 bits per heavy atom. The van der Waals surface area contributed by atoms with E-state index in [2.05, 4.69) is 44.4 Å². The zero-order chi connectivity index (χ0) is 35.5. The summed E-state index contributed by atoms with van der Waals surface area (Å²) in [5, 5.41) is 40.8. The molecule has 3 saturated carbocycles. The van der Waals surface area contributed by atoms with E-state index in [0.717, 1.165) is 37.5 Å². The Morgan fingerprint density at radius 1 is 0.880 bits per heavy atom. The smallest absolute Gasteiger partial charge is 0.310 e. The molecule has 6 rings (SSSR count). The van der Waals surface area contributed by atoms with Crippen LogP contribution >= 0.6 is 0 Å². The standard InChI is InChI=1S/C41H70N2O7/c1-23(2)19-36-41(47)48-35(25(4)38-39(50-38)31-16-12-29(13-17-31)28-10-11-28)7-6-8-37(45)43-33(26(5)42-22-24(3)40(46)49-36)20-27-9-18-32(30-14-15-30)34(44)21-27/h18,23-31,33-39,41-45,47H,6-17,19-22H2,1-5H3/t24-,25+,26?,27?,29?,31?,33+,34?,35+,36+,37?,38-,39-,41?/m1/s1. The summed E-state index contributed by atoms with van der Waals surface area (Å²) < 4.78 is 18.9. The molecule has 2 heterocycles. The summed E-state index contributed by atoms with van der Waals surface area (Å²) >= 11 is 0. The third-order valence-corrected chi connectivity index (χ3v) is 13.2. The Labute approximate surface area is 302 Å². The second kappa shape index (κ2) is 17.4. The molecule has 2 aliphatic heterocycles. The third-order valence-electron chi connectivity index (χ3n) is 13.2. The van der Waals surface area contributed by atoms with Crippen molar-refractivity contribution in [1.29, 1.82) is 0 Å². The molecule has 286 valence electrons. The Balaban J connectivity index is 1.12. The molecule has 6 aliphatic rings. The van der Waals surface area contributed by atoms with E-state index in [-0.39, 0.29) is 54.3 Å². The number of allylic oxidation sites excluding steroid dienone is 1. The first kappa shape index (κ1) is 38.6. The molecular formula is C41H70N2O7. The van der Waals surface area contributed by atoms with Gasteiger partial charge in [-0.3, -0.25) is 10.1 Å². The highest BCUT2D eigenvalue weighted by atomic mass is 16.7. The van der Waals surface area contributed by atoms with E-state index >= 15 is 0 Å². The Morgan fingerprint density at radius 3 is 2.20 bits per heavy atom. The number of ether oxygens (including phenoxy) is 3. The van der Waals surface area contributed by atoms with Crippen molar-refractivity contribution >= 4 is 5.97 Å². The monoisotopic (exact) mass is 703 g/mol. The van der Waals surface area contributed by atoms with Gasteiger partial charge in [0.05, 0.1) is 30.3 Å². The Bertz CT molecular complexity index is 1120. The largest absolute Gasteiger partial charge is 0.457 e. The Kier molecular flexibility index (Phi) is 13.4. The van der Waals surface area contributed by atoms with Gasteiger partial charge in [-0.15, -0.1) is 0 Å². The lowest BCUT2D eigenvalue weighted by atomic mass is 9.77. The zero-order valence-corrected chi connectivity index (χ0v) is 31.7. The fraction of sp³-hybridized carbons (Fsp3) is 0.927. The lowest BCUT2D eigenvalue weighted by Crippen LogP contribution is -2.52. The summed E-state index contributed by atoms with van der Waals surface area (Å²) in [6, 6.07) is -0.0542. The summed E-state index contributed by atoms with van der Waals surface area (Å²) in [6.45, 7) is 10.7. The van der Waals surface area contributed by atoms with Crippen LogP contribution in [0.15, 0.2) is 11.6 Å². The lowest BCUT2D eigenvalue weighted by Gasteiger charge is -2.35. The van der Waals surface area contributed by atoms with Crippen LogP contribution in [0.3, 0.4) is 0 Å². The molecule has 9 nitrogen and oxygen atoms in total. The van der Waals surface area contributed by atoms with E-state index < -0.39 is 24.5 Å². The van der Waals surface area contributed by atoms with Crippen molar-refractivity contribution in [3.8, 4) is 0 Å². The minimum Gasteiger partial charge on any atom is -0.457 e. The van der Waals surface area contributed by atoms with Crippen molar-refractivity contribution < 1.29 is 34.3 Å². The first-order valence-corrected chi connectivity index (χ1v) is 20.7. The maximum atomic E-state index is 13.4. The molecule has 0 spiro atoms. The fourth-order valence-electron chi connectivity index (χ4n) is 9.58. The number of rotatable bonds is 9. The number of hydrogen-bond acceptors (Lipinski definition) is 9. The minimum absolute atomic E-state index is 0.0183. The van der Waals surface area contributed by atoms with Gasteiger partial charge in [0.1, 0.15) is 6.23 Å². The summed E-state index contributed by atoms with van der Waals surface area (Å²) in [5.41, 5.74) is 1.24. The molecule has 0 radical (unpaired) electrons. The highest BCUT2D eigenvalue weighted by Gasteiger charge is 2.51. The van der Waals surface area contributed by atoms with Crippen LogP contribution in [0.25, 0.3) is 0 Å². The first-order chi connectivity index (χ1) is 24.0. The average molecular weight is 703 g/mol. The van der Waals surface area contributed by atoms with Gasteiger partial charge in [0.25, 0.3) is 0 Å². The van der Waals surface area contributed by atoms with Crippen LogP contribution in [0.2, 0.25) is 0 Å². The molecule has 4 aliphatic carbocycles. The summed E-state index contributed by atoms with van der Waals surface area (Å²) in [4.78, 5) is 13.4. The van der Waals surface area contributed by atoms with Crippen LogP contribution in [0.5, 0.6) is 0 Å². The van der Waals surface area contributed by atoms with Gasteiger partial charge in [0.15, 0.2) is 12.4 Å². The van der Waals surface area contributed by atoms with E-state index in [1.807, 2.05) is 6.92 Å². The molecule has 0 aromatic carbocycles. The van der Waals surface area contributed by atoms with Crippen LogP contribution in [0.1, 0.15) is 131 Å².